The number of hydrogen-bond acceptors (Lipinski definition) is 5. The number of halogens is 1. The average Bonchev–Trinajstić information content (AvgIpc) is 2.29. The molecule has 7 heteroatoms. The first kappa shape index (κ1) is 13.6. The molecule has 1 aliphatic heterocycles. The fourth-order valence-electron chi connectivity index (χ4n) is 2.08. The molecule has 1 atom stereocenters. The van der Waals surface area contributed by atoms with E-state index < -0.39 is 9.84 Å². The smallest absolute Gasteiger partial charge is 0.154 e. The fraction of sp³-hybridized carbons (Fsp3) is 0.545. The first-order valence-corrected chi connectivity index (χ1v) is 7.85. The summed E-state index contributed by atoms with van der Waals surface area (Å²) < 4.78 is 23.0. The minimum absolute atomic E-state index is 0.114. The molecule has 0 aliphatic carbocycles. The largest absolute Gasteiger partial charge is 0.392 e. The van der Waals surface area contributed by atoms with Gasteiger partial charge in [-0.3, -0.25) is 0 Å². The Morgan fingerprint density at radius 3 is 2.89 bits per heavy atom. The van der Waals surface area contributed by atoms with Crippen molar-refractivity contribution < 1.29 is 13.5 Å². The summed E-state index contributed by atoms with van der Waals surface area (Å²) in [5.74, 6) is 0.820. The van der Waals surface area contributed by atoms with Gasteiger partial charge in [0, 0.05) is 18.8 Å². The molecule has 1 unspecified atom stereocenters. The van der Waals surface area contributed by atoms with E-state index in [0.717, 1.165) is 0 Å². The standard InChI is InChI=1S/C11H15ClN2O3S/c1-8-7-18(16,17)3-2-14(8)11-10(12)4-9(6-15)5-13-11/h4-5,8,15H,2-3,6-7H2,1H3. The second-order valence-electron chi connectivity index (χ2n) is 4.46. The van der Waals surface area contributed by atoms with Gasteiger partial charge < -0.3 is 10.0 Å². The summed E-state index contributed by atoms with van der Waals surface area (Å²) in [5.41, 5.74) is 0.640. The average molecular weight is 291 g/mol. The predicted octanol–water partition coefficient (Wildman–Crippen LogP) is 0.851. The molecule has 0 aromatic carbocycles. The number of rotatable bonds is 2. The maximum Gasteiger partial charge on any atom is 0.154 e. The van der Waals surface area contributed by atoms with Crippen LogP contribution in [0.3, 0.4) is 0 Å². The van der Waals surface area contributed by atoms with Gasteiger partial charge >= 0.3 is 0 Å². The van der Waals surface area contributed by atoms with Gasteiger partial charge in [0.05, 0.1) is 23.1 Å². The Kier molecular flexibility index (Phi) is 3.79. The van der Waals surface area contributed by atoms with Crippen molar-refractivity contribution in [3.63, 3.8) is 0 Å². The molecule has 1 N–H and O–H groups in total. The number of hydrogen-bond donors (Lipinski definition) is 1. The quantitative estimate of drug-likeness (QED) is 0.874. The summed E-state index contributed by atoms with van der Waals surface area (Å²) in [6.45, 7) is 2.13. The van der Waals surface area contributed by atoms with E-state index in [1.807, 2.05) is 11.8 Å². The van der Waals surface area contributed by atoms with Gasteiger partial charge in [0.1, 0.15) is 5.82 Å². The highest BCUT2D eigenvalue weighted by atomic mass is 35.5. The first-order chi connectivity index (χ1) is 8.43. The molecule has 0 radical (unpaired) electrons. The number of aliphatic hydroxyl groups is 1. The molecule has 2 rings (SSSR count). The van der Waals surface area contributed by atoms with Crippen molar-refractivity contribution in [1.82, 2.24) is 4.98 Å². The van der Waals surface area contributed by atoms with E-state index in [0.29, 0.717) is 22.9 Å². The van der Waals surface area contributed by atoms with Crippen molar-refractivity contribution in [2.45, 2.75) is 19.6 Å². The van der Waals surface area contributed by atoms with Crippen LogP contribution in [0.5, 0.6) is 0 Å². The molecule has 0 amide bonds. The van der Waals surface area contributed by atoms with Crippen LogP contribution >= 0.6 is 11.6 Å². The zero-order valence-electron chi connectivity index (χ0n) is 10.0. The Bertz CT molecular complexity index is 547. The maximum absolute atomic E-state index is 11.5. The Balaban J connectivity index is 2.27. The second kappa shape index (κ2) is 5.03. The van der Waals surface area contributed by atoms with Crippen LogP contribution in [0.4, 0.5) is 5.82 Å². The van der Waals surface area contributed by atoms with Crippen molar-refractivity contribution in [3.05, 3.63) is 22.8 Å². The lowest BCUT2D eigenvalue weighted by molar-refractivity contribution is 0.281. The van der Waals surface area contributed by atoms with Crippen molar-refractivity contribution in [2.75, 3.05) is 23.0 Å². The minimum Gasteiger partial charge on any atom is -0.392 e. The first-order valence-electron chi connectivity index (χ1n) is 5.65. The summed E-state index contributed by atoms with van der Waals surface area (Å²) in [6.07, 6.45) is 1.55. The molecular formula is C11H15ClN2O3S. The Morgan fingerprint density at radius 1 is 1.61 bits per heavy atom. The monoisotopic (exact) mass is 290 g/mol. The molecule has 5 nitrogen and oxygen atoms in total. The fourth-order valence-corrected chi connectivity index (χ4v) is 3.94. The molecule has 1 fully saturated rings. The van der Waals surface area contributed by atoms with E-state index in [2.05, 4.69) is 4.98 Å². The molecule has 0 saturated carbocycles. The van der Waals surface area contributed by atoms with E-state index in [1.54, 1.807) is 12.3 Å². The van der Waals surface area contributed by atoms with E-state index in [-0.39, 0.29) is 24.2 Å². The molecule has 100 valence electrons. The normalized spacial score (nSPS) is 23.1. The van der Waals surface area contributed by atoms with Crippen molar-refractivity contribution in [1.29, 1.82) is 0 Å². The number of pyridine rings is 1. The van der Waals surface area contributed by atoms with E-state index in [4.69, 9.17) is 16.7 Å². The van der Waals surface area contributed by atoms with Gasteiger partial charge in [-0.2, -0.15) is 0 Å². The van der Waals surface area contributed by atoms with Gasteiger partial charge in [0.2, 0.25) is 0 Å². The SMILES string of the molecule is CC1CS(=O)(=O)CCN1c1ncc(CO)cc1Cl. The molecule has 0 spiro atoms. The summed E-state index contributed by atoms with van der Waals surface area (Å²) >= 11 is 6.11. The van der Waals surface area contributed by atoms with Crippen molar-refractivity contribution in [3.8, 4) is 0 Å². The molecule has 1 aromatic heterocycles. The van der Waals surface area contributed by atoms with Gasteiger partial charge in [-0.25, -0.2) is 13.4 Å². The molecular weight excluding hydrogens is 276 g/mol. The van der Waals surface area contributed by atoms with Gasteiger partial charge in [-0.15, -0.1) is 0 Å². The van der Waals surface area contributed by atoms with Gasteiger partial charge in [0.15, 0.2) is 9.84 Å². The van der Waals surface area contributed by atoms with Gasteiger partial charge in [-0.1, -0.05) is 11.6 Å². The number of nitrogens with zero attached hydrogens (tertiary/aromatic N) is 2. The highest BCUT2D eigenvalue weighted by molar-refractivity contribution is 7.91. The number of anilines is 1. The number of sulfone groups is 1. The van der Waals surface area contributed by atoms with Crippen LogP contribution in [-0.4, -0.2) is 42.6 Å². The second-order valence-corrected chi connectivity index (χ2v) is 7.10. The van der Waals surface area contributed by atoms with Crippen molar-refractivity contribution in [2.24, 2.45) is 0 Å². The summed E-state index contributed by atoms with van der Waals surface area (Å²) in [6, 6.07) is 1.51. The lowest BCUT2D eigenvalue weighted by atomic mass is 10.2. The van der Waals surface area contributed by atoms with E-state index in [1.165, 1.54) is 0 Å². The van der Waals surface area contributed by atoms with Crippen LogP contribution in [0, 0.1) is 0 Å². The number of aliphatic hydroxyl groups excluding tert-OH is 1. The highest BCUT2D eigenvalue weighted by Gasteiger charge is 2.29. The molecule has 0 bridgehead atoms. The Labute approximate surface area is 111 Å². The van der Waals surface area contributed by atoms with Gasteiger partial charge in [-0.05, 0) is 18.6 Å². The lowest BCUT2D eigenvalue weighted by Gasteiger charge is -2.34. The van der Waals surface area contributed by atoms with Crippen LogP contribution in [-0.2, 0) is 16.4 Å². The summed E-state index contributed by atoms with van der Waals surface area (Å²) in [5, 5.41) is 9.43. The third kappa shape index (κ3) is 2.76. The Morgan fingerprint density at radius 2 is 2.33 bits per heavy atom. The molecule has 1 aromatic rings. The van der Waals surface area contributed by atoms with Crippen LogP contribution in [0.1, 0.15) is 12.5 Å². The van der Waals surface area contributed by atoms with Crippen LogP contribution < -0.4 is 4.90 Å². The summed E-state index contributed by atoms with van der Waals surface area (Å²) in [7, 11) is -2.95. The van der Waals surface area contributed by atoms with Crippen LogP contribution in [0.15, 0.2) is 12.3 Å². The maximum atomic E-state index is 11.5. The lowest BCUT2D eigenvalue weighted by Crippen LogP contribution is -2.47. The van der Waals surface area contributed by atoms with E-state index in [9.17, 15) is 8.42 Å². The van der Waals surface area contributed by atoms with Crippen LogP contribution in [0.2, 0.25) is 5.02 Å². The minimum atomic E-state index is -2.95. The third-order valence-electron chi connectivity index (χ3n) is 3.00. The van der Waals surface area contributed by atoms with Gasteiger partial charge in [0.25, 0.3) is 0 Å². The molecule has 1 aliphatic rings. The number of aromatic nitrogens is 1. The molecule has 18 heavy (non-hydrogen) atoms. The van der Waals surface area contributed by atoms with Crippen molar-refractivity contribution >= 4 is 27.3 Å². The van der Waals surface area contributed by atoms with E-state index >= 15 is 0 Å². The molecule has 2 heterocycles. The topological polar surface area (TPSA) is 70.5 Å². The zero-order chi connectivity index (χ0) is 13.3. The highest BCUT2D eigenvalue weighted by Crippen LogP contribution is 2.27. The Hall–Kier alpha value is -0.850. The predicted molar refractivity (Wildman–Crippen MR) is 70.6 cm³/mol. The van der Waals surface area contributed by atoms with Crippen LogP contribution in [0.25, 0.3) is 0 Å². The zero-order valence-corrected chi connectivity index (χ0v) is 11.6. The molecule has 1 saturated heterocycles. The summed E-state index contributed by atoms with van der Waals surface area (Å²) in [4.78, 5) is 6.10. The third-order valence-corrected chi connectivity index (χ3v) is 5.08.